The van der Waals surface area contributed by atoms with Crippen molar-refractivity contribution in [2.75, 3.05) is 39.3 Å². The molecule has 6 heteroatoms. The predicted octanol–water partition coefficient (Wildman–Crippen LogP) is 0.830. The third-order valence-electron chi connectivity index (χ3n) is 5.38. The molecule has 0 bridgehead atoms. The number of likely N-dealkylation sites (tertiary alicyclic amines) is 2. The van der Waals surface area contributed by atoms with Crippen molar-refractivity contribution >= 4 is 5.91 Å². The fraction of sp³-hybridized carbons (Fsp3) is 0.765. The monoisotopic (exact) mass is 320 g/mol. The lowest BCUT2D eigenvalue weighted by Gasteiger charge is -2.37. The minimum Gasteiger partial charge on any atom is -0.395 e. The van der Waals surface area contributed by atoms with Crippen molar-refractivity contribution in [1.82, 2.24) is 19.4 Å². The predicted molar refractivity (Wildman–Crippen MR) is 88.0 cm³/mol. The highest BCUT2D eigenvalue weighted by Gasteiger charge is 2.31. The summed E-state index contributed by atoms with van der Waals surface area (Å²) in [5.74, 6) is 2.14. The van der Waals surface area contributed by atoms with E-state index < -0.39 is 0 Å². The summed E-state index contributed by atoms with van der Waals surface area (Å²) in [6, 6.07) is 0. The number of aryl methyl sites for hydroxylation is 1. The zero-order chi connectivity index (χ0) is 16.2. The summed E-state index contributed by atoms with van der Waals surface area (Å²) in [5.41, 5.74) is 0. The van der Waals surface area contributed by atoms with Gasteiger partial charge in [0.1, 0.15) is 5.82 Å². The number of carbonyl (C=O) groups is 1. The van der Waals surface area contributed by atoms with Crippen LogP contribution in [0.4, 0.5) is 0 Å². The summed E-state index contributed by atoms with van der Waals surface area (Å²) < 4.78 is 2.10. The van der Waals surface area contributed by atoms with Crippen LogP contribution in [-0.2, 0) is 11.8 Å². The van der Waals surface area contributed by atoms with E-state index in [4.69, 9.17) is 5.11 Å². The molecule has 3 rings (SSSR count). The average Bonchev–Trinajstić information content (AvgIpc) is 3.01. The number of aromatic nitrogens is 2. The molecule has 1 aromatic rings. The first-order chi connectivity index (χ1) is 11.2. The summed E-state index contributed by atoms with van der Waals surface area (Å²) in [4.78, 5) is 21.5. The smallest absolute Gasteiger partial charge is 0.225 e. The Kier molecular flexibility index (Phi) is 5.33. The van der Waals surface area contributed by atoms with E-state index >= 15 is 0 Å². The van der Waals surface area contributed by atoms with E-state index in [9.17, 15) is 4.79 Å². The molecule has 0 spiro atoms. The van der Waals surface area contributed by atoms with E-state index in [0.29, 0.717) is 11.8 Å². The molecule has 0 aliphatic carbocycles. The number of imidazole rings is 1. The van der Waals surface area contributed by atoms with Crippen molar-refractivity contribution in [3.05, 3.63) is 18.2 Å². The molecule has 0 atom stereocenters. The number of aliphatic hydroxyl groups excluding tert-OH is 1. The number of nitrogens with zero attached hydrogens (tertiary/aromatic N) is 4. The third kappa shape index (κ3) is 3.75. The van der Waals surface area contributed by atoms with Crippen molar-refractivity contribution in [3.8, 4) is 0 Å². The highest BCUT2D eigenvalue weighted by molar-refractivity contribution is 5.79. The van der Waals surface area contributed by atoms with Crippen LogP contribution in [0.25, 0.3) is 0 Å². The first-order valence-corrected chi connectivity index (χ1v) is 8.78. The molecular weight excluding hydrogens is 292 g/mol. The number of hydrogen-bond acceptors (Lipinski definition) is 4. The first kappa shape index (κ1) is 16.5. The molecule has 0 aromatic carbocycles. The van der Waals surface area contributed by atoms with Crippen LogP contribution in [0, 0.1) is 5.92 Å². The number of amides is 1. The Balaban J connectivity index is 1.48. The van der Waals surface area contributed by atoms with Crippen LogP contribution in [0.1, 0.15) is 37.4 Å². The number of hydrogen-bond donors (Lipinski definition) is 1. The molecule has 3 heterocycles. The van der Waals surface area contributed by atoms with Gasteiger partial charge in [0.2, 0.25) is 5.91 Å². The summed E-state index contributed by atoms with van der Waals surface area (Å²) in [5, 5.41) is 9.00. The Morgan fingerprint density at radius 1 is 1.22 bits per heavy atom. The fourth-order valence-corrected chi connectivity index (χ4v) is 3.93. The van der Waals surface area contributed by atoms with Gasteiger partial charge in [-0.1, -0.05) is 0 Å². The third-order valence-corrected chi connectivity index (χ3v) is 5.38. The van der Waals surface area contributed by atoms with Crippen molar-refractivity contribution in [2.24, 2.45) is 13.0 Å². The van der Waals surface area contributed by atoms with Crippen LogP contribution >= 0.6 is 0 Å². The van der Waals surface area contributed by atoms with Crippen molar-refractivity contribution in [2.45, 2.75) is 31.6 Å². The van der Waals surface area contributed by atoms with Crippen molar-refractivity contribution in [1.29, 1.82) is 0 Å². The lowest BCUT2D eigenvalue weighted by molar-refractivity contribution is -0.138. The zero-order valence-corrected chi connectivity index (χ0v) is 14.0. The van der Waals surface area contributed by atoms with E-state index in [2.05, 4.69) is 19.4 Å². The van der Waals surface area contributed by atoms with Gasteiger partial charge in [0.15, 0.2) is 0 Å². The highest BCUT2D eigenvalue weighted by Crippen LogP contribution is 2.28. The maximum Gasteiger partial charge on any atom is 0.225 e. The van der Waals surface area contributed by atoms with Gasteiger partial charge in [-0.05, 0) is 38.8 Å². The van der Waals surface area contributed by atoms with Crippen LogP contribution in [0.2, 0.25) is 0 Å². The molecule has 0 radical (unpaired) electrons. The molecule has 6 nitrogen and oxygen atoms in total. The molecule has 0 unspecified atom stereocenters. The fourth-order valence-electron chi connectivity index (χ4n) is 3.93. The highest BCUT2D eigenvalue weighted by atomic mass is 16.3. The number of rotatable bonds is 4. The number of β-amino-alcohol motifs (C(OH)–C–C–N with tert-alkyl or cyclic N) is 1. The lowest BCUT2D eigenvalue weighted by Crippen LogP contribution is -2.45. The molecule has 23 heavy (non-hydrogen) atoms. The van der Waals surface area contributed by atoms with Crippen LogP contribution < -0.4 is 0 Å². The molecule has 0 saturated carbocycles. The van der Waals surface area contributed by atoms with Crippen LogP contribution in [0.15, 0.2) is 12.4 Å². The Labute approximate surface area is 138 Å². The van der Waals surface area contributed by atoms with Gasteiger partial charge in [-0.25, -0.2) is 4.98 Å². The zero-order valence-electron chi connectivity index (χ0n) is 14.0. The molecule has 128 valence electrons. The van der Waals surface area contributed by atoms with Gasteiger partial charge in [-0.15, -0.1) is 0 Å². The van der Waals surface area contributed by atoms with Gasteiger partial charge in [0.25, 0.3) is 0 Å². The Morgan fingerprint density at radius 2 is 1.91 bits per heavy atom. The van der Waals surface area contributed by atoms with Gasteiger partial charge in [0.05, 0.1) is 6.61 Å². The number of piperidine rings is 2. The molecule has 1 amide bonds. The summed E-state index contributed by atoms with van der Waals surface area (Å²) in [7, 11) is 2.04. The van der Waals surface area contributed by atoms with Crippen molar-refractivity contribution in [3.63, 3.8) is 0 Å². The van der Waals surface area contributed by atoms with E-state index in [1.165, 1.54) is 0 Å². The van der Waals surface area contributed by atoms with Gasteiger partial charge in [-0.2, -0.15) is 0 Å². The van der Waals surface area contributed by atoms with E-state index in [1.54, 1.807) is 0 Å². The SMILES string of the molecule is Cn1ccnc1C1CCN(C(=O)C2CCN(CCO)CC2)CC1. The summed E-state index contributed by atoms with van der Waals surface area (Å²) in [6.45, 7) is 4.51. The second-order valence-electron chi connectivity index (χ2n) is 6.84. The van der Waals surface area contributed by atoms with Crippen LogP contribution in [0.3, 0.4) is 0 Å². The normalized spacial score (nSPS) is 21.7. The Morgan fingerprint density at radius 3 is 2.48 bits per heavy atom. The summed E-state index contributed by atoms with van der Waals surface area (Å²) >= 11 is 0. The van der Waals surface area contributed by atoms with Crippen LogP contribution in [0.5, 0.6) is 0 Å². The van der Waals surface area contributed by atoms with Crippen molar-refractivity contribution < 1.29 is 9.90 Å². The molecule has 2 aliphatic heterocycles. The largest absolute Gasteiger partial charge is 0.395 e. The first-order valence-electron chi connectivity index (χ1n) is 8.78. The Hall–Kier alpha value is -1.40. The molecule has 1 N–H and O–H groups in total. The minimum absolute atomic E-state index is 0.176. The second kappa shape index (κ2) is 7.45. The lowest BCUT2D eigenvalue weighted by atomic mass is 9.91. The van der Waals surface area contributed by atoms with Gasteiger partial charge < -0.3 is 19.5 Å². The summed E-state index contributed by atoms with van der Waals surface area (Å²) in [6.07, 6.45) is 7.73. The molecule has 2 aliphatic rings. The standard InChI is InChI=1S/C17H28N4O2/c1-19-11-6-18-16(19)14-4-9-21(10-5-14)17(23)15-2-7-20(8-3-15)12-13-22/h6,11,14-15,22H,2-5,7-10,12-13H2,1H3. The second-order valence-corrected chi connectivity index (χ2v) is 6.84. The minimum atomic E-state index is 0.176. The Bertz CT molecular complexity index is 514. The maximum atomic E-state index is 12.7. The quantitative estimate of drug-likeness (QED) is 0.893. The van der Waals surface area contributed by atoms with Crippen LogP contribution in [-0.4, -0.2) is 69.7 Å². The van der Waals surface area contributed by atoms with Gasteiger partial charge >= 0.3 is 0 Å². The maximum absolute atomic E-state index is 12.7. The molecule has 1 aromatic heterocycles. The van der Waals surface area contributed by atoms with E-state index in [0.717, 1.165) is 64.2 Å². The number of carbonyl (C=O) groups excluding carboxylic acids is 1. The van der Waals surface area contributed by atoms with Gasteiger partial charge in [0, 0.05) is 50.9 Å². The molecular formula is C17H28N4O2. The van der Waals surface area contributed by atoms with E-state index in [1.807, 2.05) is 19.4 Å². The topological polar surface area (TPSA) is 61.6 Å². The average molecular weight is 320 g/mol. The molecule has 2 saturated heterocycles. The number of aliphatic hydroxyl groups is 1. The molecule has 2 fully saturated rings. The van der Waals surface area contributed by atoms with Gasteiger partial charge in [-0.3, -0.25) is 4.79 Å². The van der Waals surface area contributed by atoms with E-state index in [-0.39, 0.29) is 12.5 Å².